The van der Waals surface area contributed by atoms with Crippen LogP contribution < -0.4 is 4.74 Å². The first-order chi connectivity index (χ1) is 20.3. The third-order valence-corrected chi connectivity index (χ3v) is 9.22. The Labute approximate surface area is 245 Å². The van der Waals surface area contributed by atoms with Crippen molar-refractivity contribution in [3.63, 3.8) is 0 Å². The van der Waals surface area contributed by atoms with Crippen LogP contribution in [-0.4, -0.2) is 92.9 Å². The van der Waals surface area contributed by atoms with Crippen LogP contribution in [-0.2, 0) is 38.2 Å². The zero-order valence-corrected chi connectivity index (χ0v) is 24.6. The van der Waals surface area contributed by atoms with Crippen LogP contribution in [0.25, 0.3) is 0 Å². The molecule has 1 amide bonds. The topological polar surface area (TPSA) is 103 Å². The fourth-order valence-corrected chi connectivity index (χ4v) is 6.77. The first-order valence-electron chi connectivity index (χ1n) is 14.2. The highest BCUT2D eigenvalue weighted by Crippen LogP contribution is 2.23. The molecular weight excluding hydrogens is 563 g/mol. The predicted octanol–water partition coefficient (Wildman–Crippen LogP) is 3.16. The molecule has 5 rings (SSSR count). The van der Waals surface area contributed by atoms with Gasteiger partial charge in [0.25, 0.3) is 5.91 Å². The number of nitrogens with zero attached hydrogens (tertiary/aromatic N) is 4. The Hall–Kier alpha value is -3.32. The maximum Gasteiger partial charge on any atom is 0.254 e. The highest BCUT2D eigenvalue weighted by atomic mass is 32.2. The van der Waals surface area contributed by atoms with Crippen LogP contribution in [0.5, 0.6) is 5.75 Å². The van der Waals surface area contributed by atoms with E-state index in [4.69, 9.17) is 14.2 Å². The molecule has 0 bridgehead atoms. The average molecular weight is 601 g/mol. The lowest BCUT2D eigenvalue weighted by atomic mass is 10.2. The number of imidazole rings is 1. The van der Waals surface area contributed by atoms with Crippen molar-refractivity contribution in [1.82, 2.24) is 19.4 Å². The number of hydrogen-bond donors (Lipinski definition) is 0. The Morgan fingerprint density at radius 1 is 1.10 bits per heavy atom. The van der Waals surface area contributed by atoms with Crippen molar-refractivity contribution in [2.45, 2.75) is 42.9 Å². The van der Waals surface area contributed by atoms with Gasteiger partial charge in [0.2, 0.25) is 15.0 Å². The third kappa shape index (κ3) is 7.54. The molecule has 10 nitrogen and oxygen atoms in total. The summed E-state index contributed by atoms with van der Waals surface area (Å²) in [6, 6.07) is 12.4. The van der Waals surface area contributed by atoms with E-state index in [1.807, 2.05) is 0 Å². The lowest BCUT2D eigenvalue weighted by molar-refractivity contribution is 0.0318. The summed E-state index contributed by atoms with van der Waals surface area (Å²) in [4.78, 5) is 22.1. The Morgan fingerprint density at radius 3 is 2.50 bits per heavy atom. The molecule has 2 aliphatic rings. The monoisotopic (exact) mass is 600 g/mol. The van der Waals surface area contributed by atoms with Gasteiger partial charge in [0.15, 0.2) is 0 Å². The molecule has 0 N–H and O–H groups in total. The summed E-state index contributed by atoms with van der Waals surface area (Å²) < 4.78 is 58.9. The molecule has 226 valence electrons. The van der Waals surface area contributed by atoms with Crippen molar-refractivity contribution in [3.05, 3.63) is 77.4 Å². The molecule has 2 aliphatic heterocycles. The second-order valence-electron chi connectivity index (χ2n) is 10.6. The number of halogens is 1. The van der Waals surface area contributed by atoms with Crippen molar-refractivity contribution in [1.29, 1.82) is 0 Å². The molecule has 2 saturated heterocycles. The largest absolute Gasteiger partial charge is 0.497 e. The molecule has 0 saturated carbocycles. The molecule has 2 aromatic carbocycles. The quantitative estimate of drug-likeness (QED) is 0.313. The number of ether oxygens (including phenoxy) is 3. The SMILES string of the molecule is COc1ccc(C(=O)N(CCN2CCOCC2)Cc2cnc(S(=O)(=O)Cc3ccc(F)cc3)n2CC2CCCO2)cc1. The molecule has 3 aromatic rings. The Balaban J connectivity index is 1.44. The van der Waals surface area contributed by atoms with Crippen LogP contribution in [0.2, 0.25) is 0 Å². The molecule has 1 unspecified atom stereocenters. The molecule has 1 atom stereocenters. The number of morpholine rings is 1. The van der Waals surface area contributed by atoms with Crippen molar-refractivity contribution in [2.24, 2.45) is 0 Å². The van der Waals surface area contributed by atoms with E-state index in [-0.39, 0.29) is 29.5 Å². The van der Waals surface area contributed by atoms with E-state index in [0.29, 0.717) is 62.0 Å². The van der Waals surface area contributed by atoms with Gasteiger partial charge in [-0.05, 0) is 54.8 Å². The highest BCUT2D eigenvalue weighted by molar-refractivity contribution is 7.90. The minimum Gasteiger partial charge on any atom is -0.497 e. The maximum absolute atomic E-state index is 13.8. The van der Waals surface area contributed by atoms with Crippen molar-refractivity contribution >= 4 is 15.7 Å². The predicted molar refractivity (Wildman–Crippen MR) is 153 cm³/mol. The number of carbonyl (C=O) groups is 1. The smallest absolute Gasteiger partial charge is 0.254 e. The van der Waals surface area contributed by atoms with Gasteiger partial charge in [-0.3, -0.25) is 9.69 Å². The summed E-state index contributed by atoms with van der Waals surface area (Å²) in [5, 5.41) is -0.0812. The van der Waals surface area contributed by atoms with Gasteiger partial charge < -0.3 is 23.7 Å². The number of sulfone groups is 1. The lowest BCUT2D eigenvalue weighted by Crippen LogP contribution is -2.43. The molecule has 0 radical (unpaired) electrons. The van der Waals surface area contributed by atoms with Crippen LogP contribution in [0, 0.1) is 5.82 Å². The number of rotatable bonds is 12. The first kappa shape index (κ1) is 30.1. The molecule has 12 heteroatoms. The lowest BCUT2D eigenvalue weighted by Gasteiger charge is -2.30. The van der Waals surface area contributed by atoms with Gasteiger partial charge in [0.1, 0.15) is 11.6 Å². The van der Waals surface area contributed by atoms with E-state index in [9.17, 15) is 17.6 Å². The Morgan fingerprint density at radius 2 is 1.83 bits per heavy atom. The van der Waals surface area contributed by atoms with Gasteiger partial charge in [-0.15, -0.1) is 0 Å². The Kier molecular flexibility index (Phi) is 9.88. The van der Waals surface area contributed by atoms with Gasteiger partial charge in [0.05, 0.1) is 57.2 Å². The van der Waals surface area contributed by atoms with Crippen LogP contribution in [0.15, 0.2) is 59.9 Å². The van der Waals surface area contributed by atoms with E-state index in [1.165, 1.54) is 30.5 Å². The van der Waals surface area contributed by atoms with Gasteiger partial charge in [-0.1, -0.05) is 12.1 Å². The summed E-state index contributed by atoms with van der Waals surface area (Å²) in [5.74, 6) is -0.276. The van der Waals surface area contributed by atoms with Gasteiger partial charge in [-0.2, -0.15) is 0 Å². The van der Waals surface area contributed by atoms with Gasteiger partial charge >= 0.3 is 0 Å². The van der Waals surface area contributed by atoms with Crippen LogP contribution in [0.3, 0.4) is 0 Å². The fraction of sp³-hybridized carbons (Fsp3) is 0.467. The van der Waals surface area contributed by atoms with E-state index in [0.717, 1.165) is 25.9 Å². The first-order valence-corrected chi connectivity index (χ1v) is 15.8. The standard InChI is InChI=1S/C30H37FN4O6S/c1-39-27-10-6-24(7-11-27)29(36)34(13-12-33-14-17-40-18-15-33)20-26-19-32-30(35(26)21-28-3-2-16-41-28)42(37,38)22-23-4-8-25(31)9-5-23/h4-11,19,28H,2-3,12-18,20-22H2,1H3. The second-order valence-corrected chi connectivity index (χ2v) is 12.5. The van der Waals surface area contributed by atoms with Crippen molar-refractivity contribution in [3.8, 4) is 5.75 Å². The zero-order chi connectivity index (χ0) is 29.5. The highest BCUT2D eigenvalue weighted by Gasteiger charge is 2.29. The number of carbonyl (C=O) groups excluding carboxylic acids is 1. The number of hydrogen-bond acceptors (Lipinski definition) is 8. The number of aromatic nitrogens is 2. The van der Waals surface area contributed by atoms with Crippen LogP contribution in [0.4, 0.5) is 4.39 Å². The second kappa shape index (κ2) is 13.8. The summed E-state index contributed by atoms with van der Waals surface area (Å²) in [7, 11) is -2.32. The minimum atomic E-state index is -3.89. The molecule has 1 aromatic heterocycles. The Bertz CT molecular complexity index is 1430. The van der Waals surface area contributed by atoms with Gasteiger partial charge in [-0.25, -0.2) is 17.8 Å². The summed E-state index contributed by atoms with van der Waals surface area (Å²) in [6.07, 6.45) is 3.08. The normalized spacial score (nSPS) is 17.8. The number of methoxy groups -OCH3 is 1. The molecular formula is C30H37FN4O6S. The summed E-state index contributed by atoms with van der Waals surface area (Å²) in [5.41, 5.74) is 1.57. The molecule has 42 heavy (non-hydrogen) atoms. The number of amides is 1. The maximum atomic E-state index is 13.8. The van der Waals surface area contributed by atoms with E-state index < -0.39 is 15.7 Å². The molecule has 2 fully saturated rings. The van der Waals surface area contributed by atoms with Gasteiger partial charge in [0, 0.05) is 38.3 Å². The van der Waals surface area contributed by atoms with E-state index in [1.54, 1.807) is 40.8 Å². The summed E-state index contributed by atoms with van der Waals surface area (Å²) >= 11 is 0. The minimum absolute atomic E-state index is 0.0812. The van der Waals surface area contributed by atoms with Crippen LogP contribution in [0.1, 0.15) is 34.5 Å². The fourth-order valence-electron chi connectivity index (χ4n) is 5.27. The molecule has 3 heterocycles. The summed E-state index contributed by atoms with van der Waals surface area (Å²) in [6.45, 7) is 5.05. The average Bonchev–Trinajstić information content (AvgIpc) is 3.67. The third-order valence-electron chi connectivity index (χ3n) is 7.63. The van der Waals surface area contributed by atoms with Crippen molar-refractivity contribution < 1.29 is 31.8 Å². The molecule has 0 aliphatic carbocycles. The van der Waals surface area contributed by atoms with Crippen molar-refractivity contribution in [2.75, 3.05) is 53.1 Å². The zero-order valence-electron chi connectivity index (χ0n) is 23.8. The van der Waals surface area contributed by atoms with E-state index >= 15 is 0 Å². The van der Waals surface area contributed by atoms with E-state index in [2.05, 4.69) is 9.88 Å². The molecule has 0 spiro atoms. The van der Waals surface area contributed by atoms with Crippen LogP contribution >= 0.6 is 0 Å². The number of benzene rings is 2.